The van der Waals surface area contributed by atoms with Crippen LogP contribution < -0.4 is 5.32 Å². The maximum Gasteiger partial charge on any atom is 0.178 e. The van der Waals surface area contributed by atoms with Crippen LogP contribution in [0.4, 0.5) is 0 Å². The van der Waals surface area contributed by atoms with Gasteiger partial charge in [0.05, 0.1) is 19.8 Å². The predicted molar refractivity (Wildman–Crippen MR) is 87.4 cm³/mol. The first kappa shape index (κ1) is 15.2. The second kappa shape index (κ2) is 7.05. The Morgan fingerprint density at radius 1 is 1.27 bits per heavy atom. The summed E-state index contributed by atoms with van der Waals surface area (Å²) in [6.07, 6.45) is 1.93. The number of hydrogen-bond donors (Lipinski definition) is 1. The number of fused-ring (bicyclic) bond motifs is 1. The molecule has 0 atom stereocenters. The van der Waals surface area contributed by atoms with Gasteiger partial charge >= 0.3 is 0 Å². The number of nitrogens with one attached hydrogen (secondary N) is 1. The topological polar surface area (TPSA) is 46.5 Å². The standard InChI is InChI=1S/C17H23N3O2/c1-19-13-15(14-4-2-3-5-16(14)19)17(21)12-18-6-7-20-8-10-22-11-9-20/h2-5,13,18H,6-12H2,1H3. The third-order valence-corrected chi connectivity index (χ3v) is 4.19. The van der Waals surface area contributed by atoms with E-state index in [0.717, 1.165) is 55.9 Å². The number of para-hydroxylation sites is 1. The molecule has 0 unspecified atom stereocenters. The molecule has 1 fully saturated rings. The van der Waals surface area contributed by atoms with Gasteiger partial charge in [-0.05, 0) is 6.07 Å². The van der Waals surface area contributed by atoms with Crippen molar-refractivity contribution in [1.29, 1.82) is 0 Å². The third kappa shape index (κ3) is 3.38. The minimum Gasteiger partial charge on any atom is -0.379 e. The van der Waals surface area contributed by atoms with E-state index in [2.05, 4.69) is 10.2 Å². The molecule has 0 radical (unpaired) electrons. The quantitative estimate of drug-likeness (QED) is 0.645. The van der Waals surface area contributed by atoms with E-state index in [1.54, 1.807) is 0 Å². The lowest BCUT2D eigenvalue weighted by atomic mass is 10.1. The molecule has 0 amide bonds. The average Bonchev–Trinajstić information content (AvgIpc) is 2.90. The van der Waals surface area contributed by atoms with Crippen LogP contribution in [0.2, 0.25) is 0 Å². The predicted octanol–water partition coefficient (Wildman–Crippen LogP) is 1.28. The van der Waals surface area contributed by atoms with Gasteiger partial charge in [-0.15, -0.1) is 0 Å². The zero-order valence-electron chi connectivity index (χ0n) is 13.0. The molecule has 118 valence electrons. The summed E-state index contributed by atoms with van der Waals surface area (Å²) >= 11 is 0. The van der Waals surface area contributed by atoms with E-state index in [1.165, 1.54) is 0 Å². The number of carbonyl (C=O) groups is 1. The van der Waals surface area contributed by atoms with E-state index in [4.69, 9.17) is 4.74 Å². The van der Waals surface area contributed by atoms with Gasteiger partial charge in [-0.1, -0.05) is 18.2 Å². The molecule has 1 aromatic heterocycles. The smallest absolute Gasteiger partial charge is 0.178 e. The molecule has 2 aromatic rings. The first-order valence-corrected chi connectivity index (χ1v) is 7.84. The highest BCUT2D eigenvalue weighted by atomic mass is 16.5. The maximum atomic E-state index is 12.4. The summed E-state index contributed by atoms with van der Waals surface area (Å²) in [7, 11) is 1.98. The summed E-state index contributed by atoms with van der Waals surface area (Å²) in [6.45, 7) is 5.78. The normalized spacial score (nSPS) is 16.2. The number of hydrogen-bond acceptors (Lipinski definition) is 4. The van der Waals surface area contributed by atoms with Gasteiger partial charge in [0.15, 0.2) is 5.78 Å². The van der Waals surface area contributed by atoms with Crippen molar-refractivity contribution in [2.24, 2.45) is 7.05 Å². The highest BCUT2D eigenvalue weighted by molar-refractivity contribution is 6.09. The summed E-state index contributed by atoms with van der Waals surface area (Å²) < 4.78 is 7.34. The van der Waals surface area contributed by atoms with E-state index in [0.29, 0.717) is 6.54 Å². The van der Waals surface area contributed by atoms with Crippen LogP contribution >= 0.6 is 0 Å². The maximum absolute atomic E-state index is 12.4. The van der Waals surface area contributed by atoms with Crippen molar-refractivity contribution in [3.8, 4) is 0 Å². The van der Waals surface area contributed by atoms with Crippen molar-refractivity contribution < 1.29 is 9.53 Å². The molecule has 0 saturated carbocycles. The summed E-state index contributed by atoms with van der Waals surface area (Å²) in [4.78, 5) is 14.8. The van der Waals surface area contributed by atoms with E-state index in [1.807, 2.05) is 42.1 Å². The van der Waals surface area contributed by atoms with Gasteiger partial charge in [0.1, 0.15) is 0 Å². The lowest BCUT2D eigenvalue weighted by Gasteiger charge is -2.26. The summed E-state index contributed by atoms with van der Waals surface area (Å²) in [5.41, 5.74) is 1.90. The number of Topliss-reactive ketones (excluding diaryl/α,β-unsaturated/α-hetero) is 1. The summed E-state index contributed by atoms with van der Waals surface area (Å²) in [5.74, 6) is 0.152. The molecule has 2 heterocycles. The van der Waals surface area contributed by atoms with Gasteiger partial charge in [0.2, 0.25) is 0 Å². The molecule has 1 N–H and O–H groups in total. The van der Waals surface area contributed by atoms with Gasteiger partial charge in [-0.25, -0.2) is 0 Å². The van der Waals surface area contributed by atoms with E-state index in [9.17, 15) is 4.79 Å². The number of ether oxygens (including phenoxy) is 1. The molecule has 1 aliphatic rings. The number of benzene rings is 1. The van der Waals surface area contributed by atoms with Crippen LogP contribution in [0.5, 0.6) is 0 Å². The van der Waals surface area contributed by atoms with E-state index in [-0.39, 0.29) is 5.78 Å². The molecule has 5 heteroatoms. The first-order valence-electron chi connectivity index (χ1n) is 7.84. The van der Waals surface area contributed by atoms with Crippen LogP contribution in [0.15, 0.2) is 30.5 Å². The largest absolute Gasteiger partial charge is 0.379 e. The highest BCUT2D eigenvalue weighted by Crippen LogP contribution is 2.20. The lowest BCUT2D eigenvalue weighted by Crippen LogP contribution is -2.41. The Balaban J connectivity index is 1.53. The fraction of sp³-hybridized carbons (Fsp3) is 0.471. The van der Waals surface area contributed by atoms with Crippen molar-refractivity contribution in [3.05, 3.63) is 36.0 Å². The molecule has 3 rings (SSSR count). The van der Waals surface area contributed by atoms with Crippen molar-refractivity contribution in [2.45, 2.75) is 0 Å². The molecule has 1 aliphatic heterocycles. The molecular formula is C17H23N3O2. The number of morpholine rings is 1. The van der Waals surface area contributed by atoms with Gasteiger partial charge in [0, 0.05) is 55.9 Å². The van der Waals surface area contributed by atoms with Crippen LogP contribution in [0.1, 0.15) is 10.4 Å². The first-order chi connectivity index (χ1) is 10.8. The molecule has 0 bridgehead atoms. The zero-order valence-corrected chi connectivity index (χ0v) is 13.0. The molecule has 5 nitrogen and oxygen atoms in total. The molecule has 22 heavy (non-hydrogen) atoms. The molecule has 1 aromatic carbocycles. The van der Waals surface area contributed by atoms with Crippen LogP contribution in [-0.4, -0.2) is 61.2 Å². The number of ketones is 1. The Hall–Kier alpha value is -1.69. The number of aryl methyl sites for hydroxylation is 1. The average molecular weight is 301 g/mol. The fourth-order valence-electron chi connectivity index (χ4n) is 2.92. The van der Waals surface area contributed by atoms with Crippen LogP contribution in [0, 0.1) is 0 Å². The second-order valence-electron chi connectivity index (χ2n) is 5.72. The Bertz CT molecular complexity index is 644. The van der Waals surface area contributed by atoms with E-state index < -0.39 is 0 Å². The third-order valence-electron chi connectivity index (χ3n) is 4.19. The van der Waals surface area contributed by atoms with Crippen LogP contribution in [0.25, 0.3) is 10.9 Å². The van der Waals surface area contributed by atoms with E-state index >= 15 is 0 Å². The van der Waals surface area contributed by atoms with Gasteiger partial charge in [0.25, 0.3) is 0 Å². The Kier molecular flexibility index (Phi) is 4.87. The number of rotatable bonds is 6. The SMILES string of the molecule is Cn1cc(C(=O)CNCCN2CCOCC2)c2ccccc21. The van der Waals surface area contributed by atoms with Crippen LogP contribution in [-0.2, 0) is 11.8 Å². The molecular weight excluding hydrogens is 278 g/mol. The van der Waals surface area contributed by atoms with Crippen LogP contribution in [0.3, 0.4) is 0 Å². The molecule has 1 saturated heterocycles. The minimum absolute atomic E-state index is 0.152. The number of nitrogens with zero attached hydrogens (tertiary/aromatic N) is 2. The Morgan fingerprint density at radius 2 is 2.05 bits per heavy atom. The van der Waals surface area contributed by atoms with Crippen molar-refractivity contribution >= 4 is 16.7 Å². The zero-order chi connectivity index (χ0) is 15.4. The Morgan fingerprint density at radius 3 is 2.86 bits per heavy atom. The van der Waals surface area contributed by atoms with Crippen molar-refractivity contribution in [1.82, 2.24) is 14.8 Å². The molecule has 0 aliphatic carbocycles. The van der Waals surface area contributed by atoms with Gasteiger partial charge in [-0.3, -0.25) is 9.69 Å². The van der Waals surface area contributed by atoms with Crippen molar-refractivity contribution in [3.63, 3.8) is 0 Å². The molecule has 0 spiro atoms. The number of carbonyl (C=O) groups excluding carboxylic acids is 1. The fourth-order valence-corrected chi connectivity index (χ4v) is 2.92. The van der Waals surface area contributed by atoms with Gasteiger partial charge < -0.3 is 14.6 Å². The lowest BCUT2D eigenvalue weighted by molar-refractivity contribution is 0.0384. The number of aromatic nitrogens is 1. The second-order valence-corrected chi connectivity index (χ2v) is 5.72. The highest BCUT2D eigenvalue weighted by Gasteiger charge is 2.14. The Labute approximate surface area is 130 Å². The monoisotopic (exact) mass is 301 g/mol. The van der Waals surface area contributed by atoms with Crippen molar-refractivity contribution in [2.75, 3.05) is 45.9 Å². The van der Waals surface area contributed by atoms with Gasteiger partial charge in [-0.2, -0.15) is 0 Å². The summed E-state index contributed by atoms with van der Waals surface area (Å²) in [6, 6.07) is 8.02. The minimum atomic E-state index is 0.152. The summed E-state index contributed by atoms with van der Waals surface area (Å²) in [5, 5.41) is 4.30.